The van der Waals surface area contributed by atoms with Gasteiger partial charge in [0.05, 0.1) is 35.3 Å². The molecule has 0 N–H and O–H groups in total. The molecule has 44 heavy (non-hydrogen) atoms. The van der Waals surface area contributed by atoms with E-state index in [2.05, 4.69) is 28.0 Å². The topological polar surface area (TPSA) is 82.2 Å². The molecular formula is C32H31BrF3N5O3. The molecule has 4 aromatic rings. The molecule has 0 spiro atoms. The fraction of sp³-hybridized carbons (Fsp3) is 0.375. The van der Waals surface area contributed by atoms with Gasteiger partial charge < -0.3 is 9.64 Å². The minimum atomic E-state index is -4.63. The lowest BCUT2D eigenvalue weighted by molar-refractivity contribution is -0.138. The van der Waals surface area contributed by atoms with Gasteiger partial charge in [-0.15, -0.1) is 0 Å². The van der Waals surface area contributed by atoms with E-state index in [4.69, 9.17) is 9.72 Å². The van der Waals surface area contributed by atoms with Crippen molar-refractivity contribution in [2.24, 2.45) is 5.92 Å². The number of aryl methyl sites for hydroxylation is 2. The Morgan fingerprint density at radius 3 is 2.36 bits per heavy atom. The number of benzene rings is 2. The van der Waals surface area contributed by atoms with E-state index in [0.29, 0.717) is 22.9 Å². The molecule has 0 bridgehead atoms. The van der Waals surface area contributed by atoms with Gasteiger partial charge in [-0.2, -0.15) is 18.3 Å². The van der Waals surface area contributed by atoms with Gasteiger partial charge in [-0.3, -0.25) is 9.59 Å². The van der Waals surface area contributed by atoms with Crippen LogP contribution in [-0.2, 0) is 19.1 Å². The molecule has 0 saturated heterocycles. The SMILES string of the molecule is Cc1cc(C)n(-c2nc3c(c(=O)n2-c2ccc(O[C@H]4C[C@@H](C)C4)cc2)C[C@@H](C)N(C(=O)c2ccc(Br)c(C(F)(F)F)c2)C3)n1. The summed E-state index contributed by atoms with van der Waals surface area (Å²) in [6, 6.07) is 12.1. The molecule has 1 amide bonds. The lowest BCUT2D eigenvalue weighted by Crippen LogP contribution is -2.46. The van der Waals surface area contributed by atoms with Crippen LogP contribution >= 0.6 is 15.9 Å². The molecule has 1 saturated carbocycles. The monoisotopic (exact) mass is 669 g/mol. The fourth-order valence-corrected chi connectivity index (χ4v) is 6.43. The third-order valence-corrected chi connectivity index (χ3v) is 8.99. The van der Waals surface area contributed by atoms with Gasteiger partial charge in [0.25, 0.3) is 11.5 Å². The highest BCUT2D eigenvalue weighted by Crippen LogP contribution is 2.36. The summed E-state index contributed by atoms with van der Waals surface area (Å²) >= 11 is 2.93. The van der Waals surface area contributed by atoms with Crippen molar-refractivity contribution in [3.63, 3.8) is 0 Å². The molecule has 2 aliphatic rings. The molecule has 230 valence electrons. The molecule has 1 aliphatic heterocycles. The van der Waals surface area contributed by atoms with Gasteiger partial charge in [0, 0.05) is 27.3 Å². The highest BCUT2D eigenvalue weighted by molar-refractivity contribution is 9.10. The second kappa shape index (κ2) is 11.2. The summed E-state index contributed by atoms with van der Waals surface area (Å²) < 4.78 is 49.7. The van der Waals surface area contributed by atoms with Gasteiger partial charge in [-0.25, -0.2) is 14.2 Å². The molecule has 12 heteroatoms. The Morgan fingerprint density at radius 1 is 1.05 bits per heavy atom. The van der Waals surface area contributed by atoms with E-state index in [0.717, 1.165) is 36.0 Å². The van der Waals surface area contributed by atoms with Crippen LogP contribution in [0.4, 0.5) is 13.2 Å². The van der Waals surface area contributed by atoms with E-state index < -0.39 is 23.7 Å². The minimum absolute atomic E-state index is 0.0400. The molecule has 1 fully saturated rings. The Bertz CT molecular complexity index is 1810. The standard InChI is InChI=1S/C32H31BrF3N5O3/c1-17-11-24(12-17)44-23-8-6-22(7-9-23)40-30(43)25-14-19(3)39(16-28(25)37-31(40)41-20(4)13-18(2)38-41)29(42)21-5-10-27(33)26(15-21)32(34,35)36/h5-10,13,15,17,19,24H,11-12,14,16H2,1-4H3/t17-,19-,24+/m1/s1. The van der Waals surface area contributed by atoms with Gasteiger partial charge in [0.2, 0.25) is 5.95 Å². The first kappa shape index (κ1) is 30.1. The Hall–Kier alpha value is -3.93. The number of carbonyl (C=O) groups is 1. The van der Waals surface area contributed by atoms with Crippen LogP contribution in [0.5, 0.6) is 5.75 Å². The van der Waals surface area contributed by atoms with E-state index in [9.17, 15) is 22.8 Å². The van der Waals surface area contributed by atoms with E-state index in [1.54, 1.807) is 11.6 Å². The normalized spacial score (nSPS) is 19.8. The number of aromatic nitrogens is 4. The van der Waals surface area contributed by atoms with Crippen molar-refractivity contribution in [3.8, 4) is 17.4 Å². The Morgan fingerprint density at radius 2 is 1.75 bits per heavy atom. The van der Waals surface area contributed by atoms with Gasteiger partial charge in [-0.1, -0.05) is 22.9 Å². The highest BCUT2D eigenvalue weighted by atomic mass is 79.9. The maximum absolute atomic E-state index is 14.2. The van der Waals surface area contributed by atoms with Crippen LogP contribution in [0.15, 0.2) is 57.8 Å². The fourth-order valence-electron chi connectivity index (χ4n) is 5.96. The summed E-state index contributed by atoms with van der Waals surface area (Å²) in [5.41, 5.74) is 1.59. The number of ether oxygens (including phenoxy) is 1. The molecule has 1 atom stereocenters. The van der Waals surface area contributed by atoms with Crippen LogP contribution in [0.1, 0.15) is 65.3 Å². The minimum Gasteiger partial charge on any atom is -0.490 e. The first-order valence-corrected chi connectivity index (χ1v) is 15.2. The zero-order valence-corrected chi connectivity index (χ0v) is 26.2. The molecular weight excluding hydrogens is 639 g/mol. The van der Waals surface area contributed by atoms with Crippen molar-refractivity contribution in [3.05, 3.63) is 97.1 Å². The molecule has 0 radical (unpaired) electrons. The first-order chi connectivity index (χ1) is 20.8. The van der Waals surface area contributed by atoms with Crippen molar-refractivity contribution in [1.29, 1.82) is 0 Å². The first-order valence-electron chi connectivity index (χ1n) is 14.4. The van der Waals surface area contributed by atoms with Crippen LogP contribution in [-0.4, -0.2) is 42.3 Å². The Balaban J connectivity index is 1.39. The number of nitrogens with zero attached hydrogens (tertiary/aromatic N) is 5. The van der Waals surface area contributed by atoms with Gasteiger partial charge in [-0.05, 0) is 94.5 Å². The summed E-state index contributed by atoms with van der Waals surface area (Å²) in [7, 11) is 0. The van der Waals surface area contributed by atoms with Crippen molar-refractivity contribution in [2.75, 3.05) is 0 Å². The lowest BCUT2D eigenvalue weighted by atomic mass is 9.84. The second-order valence-corrected chi connectivity index (χ2v) is 12.7. The number of amides is 1. The van der Waals surface area contributed by atoms with Crippen molar-refractivity contribution < 1.29 is 22.7 Å². The number of hydrogen-bond donors (Lipinski definition) is 0. The third kappa shape index (κ3) is 5.55. The highest BCUT2D eigenvalue weighted by Gasteiger charge is 2.36. The molecule has 2 aromatic carbocycles. The van der Waals surface area contributed by atoms with Crippen LogP contribution in [0.3, 0.4) is 0 Å². The zero-order chi connectivity index (χ0) is 31.5. The molecule has 3 heterocycles. The van der Waals surface area contributed by atoms with E-state index >= 15 is 0 Å². The number of halogens is 4. The van der Waals surface area contributed by atoms with E-state index in [1.165, 1.54) is 21.6 Å². The zero-order valence-electron chi connectivity index (χ0n) is 24.7. The molecule has 1 aliphatic carbocycles. The molecule has 6 rings (SSSR count). The number of alkyl halides is 3. The van der Waals surface area contributed by atoms with Crippen LogP contribution in [0.2, 0.25) is 0 Å². The van der Waals surface area contributed by atoms with Crippen LogP contribution in [0.25, 0.3) is 11.6 Å². The predicted molar refractivity (Wildman–Crippen MR) is 161 cm³/mol. The lowest BCUT2D eigenvalue weighted by Gasteiger charge is -2.35. The van der Waals surface area contributed by atoms with E-state index in [-0.39, 0.29) is 40.6 Å². The largest absolute Gasteiger partial charge is 0.490 e. The van der Waals surface area contributed by atoms with Crippen molar-refractivity contribution >= 4 is 21.8 Å². The summed E-state index contributed by atoms with van der Waals surface area (Å²) in [6.45, 7) is 7.63. The predicted octanol–water partition coefficient (Wildman–Crippen LogP) is 6.58. The summed E-state index contributed by atoms with van der Waals surface area (Å²) in [5, 5.41) is 4.58. The number of carbonyl (C=O) groups excluding carboxylic acids is 1. The van der Waals surface area contributed by atoms with Gasteiger partial charge >= 0.3 is 6.18 Å². The maximum atomic E-state index is 14.2. The van der Waals surface area contributed by atoms with Gasteiger partial charge in [0.15, 0.2) is 0 Å². The average molecular weight is 671 g/mol. The van der Waals surface area contributed by atoms with Gasteiger partial charge in [0.1, 0.15) is 5.75 Å². The van der Waals surface area contributed by atoms with Crippen molar-refractivity contribution in [2.45, 2.75) is 71.8 Å². The van der Waals surface area contributed by atoms with Crippen LogP contribution < -0.4 is 10.3 Å². The molecule has 0 unspecified atom stereocenters. The Labute approximate surface area is 260 Å². The number of fused-ring (bicyclic) bond motifs is 1. The number of rotatable bonds is 5. The number of hydrogen-bond acceptors (Lipinski definition) is 5. The van der Waals surface area contributed by atoms with Crippen molar-refractivity contribution in [1.82, 2.24) is 24.2 Å². The summed E-state index contributed by atoms with van der Waals surface area (Å²) in [4.78, 5) is 34.1. The molecule has 2 aromatic heterocycles. The third-order valence-electron chi connectivity index (χ3n) is 8.30. The average Bonchev–Trinajstić information content (AvgIpc) is 3.29. The maximum Gasteiger partial charge on any atom is 0.417 e. The summed E-state index contributed by atoms with van der Waals surface area (Å²) in [6.07, 6.45) is -2.22. The smallest absolute Gasteiger partial charge is 0.417 e. The Kier molecular flexibility index (Phi) is 7.67. The summed E-state index contributed by atoms with van der Waals surface area (Å²) in [5.74, 6) is 1.06. The molecule has 8 nitrogen and oxygen atoms in total. The van der Waals surface area contributed by atoms with Crippen LogP contribution in [0, 0.1) is 19.8 Å². The second-order valence-electron chi connectivity index (χ2n) is 11.8. The van der Waals surface area contributed by atoms with E-state index in [1.807, 2.05) is 44.2 Å². The quantitative estimate of drug-likeness (QED) is 0.240.